The van der Waals surface area contributed by atoms with Crippen molar-refractivity contribution in [1.82, 2.24) is 16.0 Å². The summed E-state index contributed by atoms with van der Waals surface area (Å²) in [6, 6.07) is 15.6. The molecular weight excluding hydrogens is 458 g/mol. The molecule has 3 N–H and O–H groups in total. The molecule has 0 fully saturated rings. The summed E-state index contributed by atoms with van der Waals surface area (Å²) < 4.78 is 12.9. The summed E-state index contributed by atoms with van der Waals surface area (Å²) in [6.45, 7) is 1.99. The third kappa shape index (κ3) is 8.85. The van der Waals surface area contributed by atoms with Crippen LogP contribution in [0.25, 0.3) is 0 Å². The molecule has 0 heterocycles. The zero-order chi connectivity index (χ0) is 18.6. The predicted molar refractivity (Wildman–Crippen MR) is 118 cm³/mol. The highest BCUT2D eigenvalue weighted by Gasteiger charge is 2.03. The third-order valence-electron chi connectivity index (χ3n) is 3.81. The standard InChI is InChI=1S/C20H25FN4O.HI/c1-22-20(25-15-12-16-8-10-18(21)11-9-16)24-14-5-13-23-19(26)17-6-3-2-4-7-17;/h2-4,6-11H,5,12-15H2,1H3,(H,23,26)(H2,22,24,25);1H. The maximum atomic E-state index is 12.9. The predicted octanol–water partition coefficient (Wildman–Crippen LogP) is 2.97. The molecule has 146 valence electrons. The third-order valence-corrected chi connectivity index (χ3v) is 3.81. The molecule has 0 aliphatic carbocycles. The Morgan fingerprint density at radius 2 is 1.56 bits per heavy atom. The van der Waals surface area contributed by atoms with Crippen molar-refractivity contribution >= 4 is 35.8 Å². The number of carbonyl (C=O) groups is 1. The Kier molecular flexibility index (Phi) is 11.1. The highest BCUT2D eigenvalue weighted by Crippen LogP contribution is 2.02. The van der Waals surface area contributed by atoms with Crippen molar-refractivity contribution in [2.75, 3.05) is 26.7 Å². The van der Waals surface area contributed by atoms with Crippen molar-refractivity contribution in [3.8, 4) is 0 Å². The van der Waals surface area contributed by atoms with E-state index in [1.165, 1.54) is 12.1 Å². The van der Waals surface area contributed by atoms with E-state index in [2.05, 4.69) is 20.9 Å². The number of guanidine groups is 1. The van der Waals surface area contributed by atoms with E-state index in [4.69, 9.17) is 0 Å². The molecule has 0 atom stereocenters. The second kappa shape index (κ2) is 13.1. The van der Waals surface area contributed by atoms with Crippen molar-refractivity contribution < 1.29 is 9.18 Å². The topological polar surface area (TPSA) is 65.5 Å². The van der Waals surface area contributed by atoms with Crippen LogP contribution in [0.1, 0.15) is 22.3 Å². The molecule has 0 bridgehead atoms. The molecule has 0 aromatic heterocycles. The summed E-state index contributed by atoms with van der Waals surface area (Å²) in [5.41, 5.74) is 1.73. The molecule has 7 heteroatoms. The van der Waals surface area contributed by atoms with Gasteiger partial charge in [-0.3, -0.25) is 9.79 Å². The van der Waals surface area contributed by atoms with Crippen LogP contribution in [0.15, 0.2) is 59.6 Å². The van der Waals surface area contributed by atoms with Crippen LogP contribution < -0.4 is 16.0 Å². The number of rotatable bonds is 8. The largest absolute Gasteiger partial charge is 0.356 e. The summed E-state index contributed by atoms with van der Waals surface area (Å²) >= 11 is 0. The lowest BCUT2D eigenvalue weighted by Gasteiger charge is -2.12. The first-order valence-corrected chi connectivity index (χ1v) is 8.71. The molecule has 0 aliphatic rings. The van der Waals surface area contributed by atoms with Crippen molar-refractivity contribution in [3.05, 3.63) is 71.5 Å². The SMILES string of the molecule is CN=C(NCCCNC(=O)c1ccccc1)NCCc1ccc(F)cc1.I. The van der Waals surface area contributed by atoms with Gasteiger partial charge in [0.2, 0.25) is 0 Å². The molecule has 5 nitrogen and oxygen atoms in total. The first-order chi connectivity index (χ1) is 12.7. The van der Waals surface area contributed by atoms with Crippen molar-refractivity contribution in [2.24, 2.45) is 4.99 Å². The maximum Gasteiger partial charge on any atom is 0.251 e. The first-order valence-electron chi connectivity index (χ1n) is 8.71. The fourth-order valence-corrected chi connectivity index (χ4v) is 2.39. The number of hydrogen-bond donors (Lipinski definition) is 3. The Balaban J connectivity index is 0.00000364. The summed E-state index contributed by atoms with van der Waals surface area (Å²) in [5.74, 6) is 0.424. The highest BCUT2D eigenvalue weighted by molar-refractivity contribution is 14.0. The van der Waals surface area contributed by atoms with Crippen LogP contribution in [0.4, 0.5) is 4.39 Å². The van der Waals surface area contributed by atoms with Gasteiger partial charge >= 0.3 is 0 Å². The smallest absolute Gasteiger partial charge is 0.251 e. The highest BCUT2D eigenvalue weighted by atomic mass is 127. The number of benzene rings is 2. The zero-order valence-corrected chi connectivity index (χ0v) is 17.7. The van der Waals surface area contributed by atoms with Crippen LogP contribution in [0, 0.1) is 5.82 Å². The lowest BCUT2D eigenvalue weighted by atomic mass is 10.1. The first kappa shape index (κ1) is 22.9. The minimum Gasteiger partial charge on any atom is -0.356 e. The van der Waals surface area contributed by atoms with Gasteiger partial charge in [-0.25, -0.2) is 4.39 Å². The van der Waals surface area contributed by atoms with Crippen molar-refractivity contribution in [2.45, 2.75) is 12.8 Å². The molecule has 0 aliphatic heterocycles. The zero-order valence-electron chi connectivity index (χ0n) is 15.4. The van der Waals surface area contributed by atoms with Crippen molar-refractivity contribution in [1.29, 1.82) is 0 Å². The number of nitrogens with one attached hydrogen (secondary N) is 3. The fourth-order valence-electron chi connectivity index (χ4n) is 2.39. The molecule has 0 radical (unpaired) electrons. The molecule has 0 saturated carbocycles. The van der Waals surface area contributed by atoms with Gasteiger partial charge in [-0.15, -0.1) is 24.0 Å². The van der Waals surface area contributed by atoms with Crippen LogP contribution in [0.2, 0.25) is 0 Å². The number of carbonyl (C=O) groups excluding carboxylic acids is 1. The lowest BCUT2D eigenvalue weighted by molar-refractivity contribution is 0.0953. The van der Waals surface area contributed by atoms with E-state index >= 15 is 0 Å². The fraction of sp³-hybridized carbons (Fsp3) is 0.300. The number of halogens is 2. The van der Waals surface area contributed by atoms with Gasteiger partial charge in [0.15, 0.2) is 5.96 Å². The van der Waals surface area contributed by atoms with Crippen LogP contribution in [0.3, 0.4) is 0 Å². The molecule has 2 aromatic rings. The number of hydrogen-bond acceptors (Lipinski definition) is 2. The van der Waals surface area contributed by atoms with Gasteiger partial charge < -0.3 is 16.0 Å². The van der Waals surface area contributed by atoms with E-state index in [9.17, 15) is 9.18 Å². The Bertz CT molecular complexity index is 708. The quantitative estimate of drug-likeness (QED) is 0.234. The van der Waals surface area contributed by atoms with Crippen LogP contribution >= 0.6 is 24.0 Å². The van der Waals surface area contributed by atoms with E-state index in [1.54, 1.807) is 31.3 Å². The van der Waals surface area contributed by atoms with Gasteiger partial charge in [-0.2, -0.15) is 0 Å². The van der Waals surface area contributed by atoms with E-state index < -0.39 is 0 Å². The van der Waals surface area contributed by atoms with Crippen molar-refractivity contribution in [3.63, 3.8) is 0 Å². The van der Waals surface area contributed by atoms with Gasteiger partial charge in [-0.05, 0) is 42.7 Å². The van der Waals surface area contributed by atoms with Gasteiger partial charge in [0.1, 0.15) is 5.82 Å². The minimum atomic E-state index is -0.224. The molecule has 0 saturated heterocycles. The molecule has 27 heavy (non-hydrogen) atoms. The van der Waals surface area contributed by atoms with E-state index in [-0.39, 0.29) is 35.7 Å². The monoisotopic (exact) mass is 484 g/mol. The second-order valence-corrected chi connectivity index (χ2v) is 5.78. The number of aliphatic imine (C=N–C) groups is 1. The summed E-state index contributed by atoms with van der Waals surface area (Å²) in [7, 11) is 1.71. The Morgan fingerprint density at radius 3 is 2.22 bits per heavy atom. The summed E-state index contributed by atoms with van der Waals surface area (Å²) in [6.07, 6.45) is 1.57. The van der Waals surface area contributed by atoms with Crippen LogP contribution in [-0.4, -0.2) is 38.5 Å². The normalized spacial score (nSPS) is 10.7. The van der Waals surface area contributed by atoms with Gasteiger partial charge in [0.25, 0.3) is 5.91 Å². The van der Waals surface area contributed by atoms with Gasteiger partial charge in [0, 0.05) is 32.2 Å². The summed E-state index contributed by atoms with van der Waals surface area (Å²) in [4.78, 5) is 16.1. The van der Waals surface area contributed by atoms with E-state index in [0.29, 0.717) is 31.2 Å². The van der Waals surface area contributed by atoms with Gasteiger partial charge in [-0.1, -0.05) is 30.3 Å². The Morgan fingerprint density at radius 1 is 0.926 bits per heavy atom. The second-order valence-electron chi connectivity index (χ2n) is 5.78. The Hall–Kier alpha value is -2.16. The molecule has 0 spiro atoms. The number of nitrogens with zero attached hydrogens (tertiary/aromatic N) is 1. The van der Waals surface area contributed by atoms with Crippen LogP contribution in [0.5, 0.6) is 0 Å². The molecule has 1 amide bonds. The summed E-state index contributed by atoms with van der Waals surface area (Å²) in [5, 5.41) is 9.31. The maximum absolute atomic E-state index is 12.9. The number of amides is 1. The van der Waals surface area contributed by atoms with E-state index in [1.807, 2.05) is 18.2 Å². The molecule has 0 unspecified atom stereocenters. The lowest BCUT2D eigenvalue weighted by Crippen LogP contribution is -2.39. The molecule has 2 aromatic carbocycles. The Labute approximate surface area is 176 Å². The minimum absolute atomic E-state index is 0. The van der Waals surface area contributed by atoms with Crippen LogP contribution in [-0.2, 0) is 6.42 Å². The van der Waals surface area contributed by atoms with E-state index in [0.717, 1.165) is 18.4 Å². The molecular formula is C20H26FIN4O. The van der Waals surface area contributed by atoms with Gasteiger partial charge in [0.05, 0.1) is 0 Å². The average Bonchev–Trinajstić information content (AvgIpc) is 2.68. The average molecular weight is 484 g/mol. The molecule has 2 rings (SSSR count).